The van der Waals surface area contributed by atoms with Gasteiger partial charge in [-0.3, -0.25) is 19.3 Å². The summed E-state index contributed by atoms with van der Waals surface area (Å²) in [4.78, 5) is 21.0. The van der Waals surface area contributed by atoms with E-state index < -0.39 is 0 Å². The summed E-state index contributed by atoms with van der Waals surface area (Å²) in [5, 5.41) is 0. The molecular weight excluding hydrogens is 278 g/mol. The van der Waals surface area contributed by atoms with E-state index in [2.05, 4.69) is 9.97 Å². The van der Waals surface area contributed by atoms with Gasteiger partial charge in [-0.25, -0.2) is 0 Å². The molecule has 0 amide bonds. The van der Waals surface area contributed by atoms with Crippen molar-refractivity contribution in [2.75, 3.05) is 0 Å². The van der Waals surface area contributed by atoms with Crippen molar-refractivity contribution in [3.8, 4) is 22.7 Å². The average molecular weight is 291 g/mol. The molecular formula is C17H13N3O2. The summed E-state index contributed by atoms with van der Waals surface area (Å²) < 4.78 is 7.39. The molecule has 5 heteroatoms. The number of hydrogen-bond donors (Lipinski definition) is 0. The van der Waals surface area contributed by atoms with E-state index in [4.69, 9.17) is 4.74 Å². The Morgan fingerprint density at radius 2 is 2.05 bits per heavy atom. The van der Waals surface area contributed by atoms with Gasteiger partial charge in [-0.15, -0.1) is 0 Å². The van der Waals surface area contributed by atoms with Gasteiger partial charge in [0.15, 0.2) is 0 Å². The van der Waals surface area contributed by atoms with E-state index in [9.17, 15) is 4.79 Å². The lowest BCUT2D eigenvalue weighted by molar-refractivity contribution is 0.292. The Morgan fingerprint density at radius 3 is 2.86 bits per heavy atom. The van der Waals surface area contributed by atoms with E-state index in [-0.39, 0.29) is 5.56 Å². The van der Waals surface area contributed by atoms with Gasteiger partial charge in [0.05, 0.1) is 17.6 Å². The van der Waals surface area contributed by atoms with Crippen LogP contribution in [-0.4, -0.2) is 14.5 Å². The highest BCUT2D eigenvalue weighted by atomic mass is 16.5. The van der Waals surface area contributed by atoms with E-state index in [1.165, 1.54) is 0 Å². The molecule has 0 radical (unpaired) electrons. The van der Waals surface area contributed by atoms with Gasteiger partial charge < -0.3 is 4.74 Å². The van der Waals surface area contributed by atoms with Gasteiger partial charge in [-0.2, -0.15) is 0 Å². The topological polar surface area (TPSA) is 57.0 Å². The molecule has 3 aromatic heterocycles. The first-order valence-electron chi connectivity index (χ1n) is 7.00. The molecule has 0 saturated heterocycles. The first kappa shape index (κ1) is 12.8. The van der Waals surface area contributed by atoms with E-state index >= 15 is 0 Å². The second-order valence-electron chi connectivity index (χ2n) is 5.16. The van der Waals surface area contributed by atoms with Crippen LogP contribution in [0.4, 0.5) is 0 Å². The summed E-state index contributed by atoms with van der Waals surface area (Å²) in [5.41, 5.74) is 4.01. The molecule has 0 aliphatic carbocycles. The third-order valence-electron chi connectivity index (χ3n) is 3.74. The van der Waals surface area contributed by atoms with Gasteiger partial charge in [-0.1, -0.05) is 0 Å². The molecule has 1 aliphatic heterocycles. The molecule has 0 unspecified atom stereocenters. The van der Waals surface area contributed by atoms with Crippen LogP contribution in [0.2, 0.25) is 0 Å². The number of hydrogen-bond acceptors (Lipinski definition) is 4. The number of ether oxygens (including phenoxy) is 1. The minimum Gasteiger partial charge on any atom is -0.485 e. The van der Waals surface area contributed by atoms with E-state index in [0.29, 0.717) is 6.61 Å². The molecule has 4 rings (SSSR count). The van der Waals surface area contributed by atoms with Crippen molar-refractivity contribution < 1.29 is 4.74 Å². The van der Waals surface area contributed by atoms with Crippen LogP contribution in [0, 0.1) is 6.92 Å². The lowest BCUT2D eigenvalue weighted by Gasteiger charge is -2.23. The molecule has 5 nitrogen and oxygen atoms in total. The summed E-state index contributed by atoms with van der Waals surface area (Å²) in [7, 11) is 0. The first-order valence-corrected chi connectivity index (χ1v) is 7.00. The van der Waals surface area contributed by atoms with E-state index in [1.54, 1.807) is 23.0 Å². The molecule has 0 spiro atoms. The Bertz CT molecular complexity index is 914. The standard InChI is InChI=1S/C17H13N3O2/c1-11-4-5-12(9-19-11)20-14-10-22-15-3-2-8-18-17(15)13(14)6-7-16(20)21/h2-9H,10H2,1H3. The SMILES string of the molecule is Cc1ccc(-n2c3c(ccc2=O)-c2ncccc2OC3)cn1. The minimum atomic E-state index is -0.104. The number of fused-ring (bicyclic) bond motifs is 3. The van der Waals surface area contributed by atoms with Crippen LogP contribution in [0.25, 0.3) is 16.9 Å². The maximum absolute atomic E-state index is 12.3. The van der Waals surface area contributed by atoms with Crippen LogP contribution in [-0.2, 0) is 6.61 Å². The van der Waals surface area contributed by atoms with Gasteiger partial charge in [0, 0.05) is 23.5 Å². The molecule has 0 saturated carbocycles. The second-order valence-corrected chi connectivity index (χ2v) is 5.16. The second kappa shape index (κ2) is 4.80. The van der Waals surface area contributed by atoms with Crippen molar-refractivity contribution in [2.45, 2.75) is 13.5 Å². The number of rotatable bonds is 1. The molecule has 1 aliphatic rings. The Kier molecular flexibility index (Phi) is 2.79. The van der Waals surface area contributed by atoms with Crippen LogP contribution >= 0.6 is 0 Å². The molecule has 4 heterocycles. The lowest BCUT2D eigenvalue weighted by atomic mass is 10.1. The van der Waals surface area contributed by atoms with Gasteiger partial charge in [0.25, 0.3) is 5.56 Å². The quantitative estimate of drug-likeness (QED) is 0.691. The summed E-state index contributed by atoms with van der Waals surface area (Å²) in [6.45, 7) is 2.24. The summed E-state index contributed by atoms with van der Waals surface area (Å²) in [6, 6.07) is 10.9. The molecule has 108 valence electrons. The Morgan fingerprint density at radius 1 is 1.14 bits per heavy atom. The van der Waals surface area contributed by atoms with Crippen molar-refractivity contribution in [3.63, 3.8) is 0 Å². The average Bonchev–Trinajstić information content (AvgIpc) is 2.55. The number of aromatic nitrogens is 3. The lowest BCUT2D eigenvalue weighted by Crippen LogP contribution is -2.25. The molecule has 0 fully saturated rings. The third-order valence-corrected chi connectivity index (χ3v) is 3.74. The predicted molar refractivity (Wildman–Crippen MR) is 82.1 cm³/mol. The summed E-state index contributed by atoms with van der Waals surface area (Å²) in [6.07, 6.45) is 3.42. The number of aryl methyl sites for hydroxylation is 1. The monoisotopic (exact) mass is 291 g/mol. The van der Waals surface area contributed by atoms with E-state index in [1.807, 2.05) is 37.3 Å². The molecule has 22 heavy (non-hydrogen) atoms. The zero-order chi connectivity index (χ0) is 15.1. The van der Waals surface area contributed by atoms with Crippen LogP contribution in [0.5, 0.6) is 5.75 Å². The van der Waals surface area contributed by atoms with Gasteiger partial charge in [0.2, 0.25) is 0 Å². The van der Waals surface area contributed by atoms with Crippen LogP contribution in [0.1, 0.15) is 11.4 Å². The van der Waals surface area contributed by atoms with Gasteiger partial charge in [-0.05, 0) is 37.3 Å². The molecule has 0 N–H and O–H groups in total. The molecule has 0 bridgehead atoms. The maximum Gasteiger partial charge on any atom is 0.255 e. The maximum atomic E-state index is 12.3. The predicted octanol–water partition coefficient (Wildman–Crippen LogP) is 2.50. The zero-order valence-electron chi connectivity index (χ0n) is 12.0. The third kappa shape index (κ3) is 1.90. The zero-order valence-corrected chi connectivity index (χ0v) is 12.0. The molecule has 0 atom stereocenters. The normalized spacial score (nSPS) is 12.2. The fourth-order valence-electron chi connectivity index (χ4n) is 2.67. The van der Waals surface area contributed by atoms with Crippen LogP contribution < -0.4 is 10.3 Å². The summed E-state index contributed by atoms with van der Waals surface area (Å²) in [5.74, 6) is 0.738. The van der Waals surface area contributed by atoms with Gasteiger partial charge >= 0.3 is 0 Å². The highest BCUT2D eigenvalue weighted by Crippen LogP contribution is 2.35. The van der Waals surface area contributed by atoms with Crippen molar-refractivity contribution in [1.82, 2.24) is 14.5 Å². The Labute approximate surface area is 126 Å². The molecule has 3 aromatic rings. The Balaban J connectivity index is 1.99. The largest absolute Gasteiger partial charge is 0.485 e. The minimum absolute atomic E-state index is 0.104. The van der Waals surface area contributed by atoms with Crippen molar-refractivity contribution in [1.29, 1.82) is 0 Å². The number of pyridine rings is 3. The van der Waals surface area contributed by atoms with E-state index in [0.717, 1.165) is 34.1 Å². The first-order chi connectivity index (χ1) is 10.7. The fraction of sp³-hybridized carbons (Fsp3) is 0.118. The van der Waals surface area contributed by atoms with Gasteiger partial charge in [0.1, 0.15) is 18.1 Å². The summed E-state index contributed by atoms with van der Waals surface area (Å²) >= 11 is 0. The van der Waals surface area contributed by atoms with Crippen molar-refractivity contribution in [2.24, 2.45) is 0 Å². The Hall–Kier alpha value is -2.95. The molecule has 0 aromatic carbocycles. The van der Waals surface area contributed by atoms with Crippen molar-refractivity contribution in [3.05, 3.63) is 70.5 Å². The highest BCUT2D eigenvalue weighted by Gasteiger charge is 2.22. The smallest absolute Gasteiger partial charge is 0.255 e. The highest BCUT2D eigenvalue weighted by molar-refractivity contribution is 5.70. The van der Waals surface area contributed by atoms with Crippen LogP contribution in [0.15, 0.2) is 53.6 Å². The number of nitrogens with zero attached hydrogens (tertiary/aromatic N) is 3. The van der Waals surface area contributed by atoms with Crippen molar-refractivity contribution >= 4 is 0 Å². The fourth-order valence-corrected chi connectivity index (χ4v) is 2.67. The van der Waals surface area contributed by atoms with Crippen LogP contribution in [0.3, 0.4) is 0 Å².